The van der Waals surface area contributed by atoms with E-state index in [1.54, 1.807) is 0 Å². The molecule has 0 aliphatic carbocycles. The Morgan fingerprint density at radius 1 is 1.31 bits per heavy atom. The molecule has 0 aromatic rings. The Kier molecular flexibility index (Phi) is 6.59. The van der Waals surface area contributed by atoms with E-state index in [4.69, 9.17) is 0 Å². The van der Waals surface area contributed by atoms with Crippen molar-refractivity contribution in [2.24, 2.45) is 0 Å². The van der Waals surface area contributed by atoms with E-state index in [2.05, 4.69) is 11.8 Å². The van der Waals surface area contributed by atoms with Crippen LogP contribution in [0, 0.1) is 0 Å². The van der Waals surface area contributed by atoms with Crippen molar-refractivity contribution >= 4 is 5.91 Å². The van der Waals surface area contributed by atoms with Crippen LogP contribution in [-0.4, -0.2) is 48.9 Å². The van der Waals surface area contributed by atoms with E-state index in [1.807, 2.05) is 25.8 Å². The molecule has 0 unspecified atom stereocenters. The standard InChI is InChI=1S/C8H16N2O.C2H6/c1-3-4-10-6-5-9(2)7-8(10)11;1-2/h3-7H2,1-2H3;1-2H3. The number of likely N-dealkylation sites (N-methyl/N-ethyl adjacent to an activating group) is 1. The maximum atomic E-state index is 11.3. The van der Waals surface area contributed by atoms with Gasteiger partial charge in [0.1, 0.15) is 0 Å². The third-order valence-electron chi connectivity index (χ3n) is 2.00. The maximum absolute atomic E-state index is 11.3. The first-order chi connectivity index (χ1) is 6.24. The number of hydrogen-bond donors (Lipinski definition) is 0. The average Bonchev–Trinajstić information content (AvgIpc) is 2.14. The van der Waals surface area contributed by atoms with Gasteiger partial charge in [0.05, 0.1) is 6.54 Å². The van der Waals surface area contributed by atoms with Gasteiger partial charge >= 0.3 is 0 Å². The van der Waals surface area contributed by atoms with Crippen LogP contribution in [0.25, 0.3) is 0 Å². The normalized spacial score (nSPS) is 18.2. The smallest absolute Gasteiger partial charge is 0.236 e. The Morgan fingerprint density at radius 2 is 1.92 bits per heavy atom. The fourth-order valence-electron chi connectivity index (χ4n) is 1.33. The van der Waals surface area contributed by atoms with Gasteiger partial charge in [0.25, 0.3) is 0 Å². The number of amides is 1. The van der Waals surface area contributed by atoms with Crippen LogP contribution in [0.5, 0.6) is 0 Å². The Bertz CT molecular complexity index is 148. The minimum atomic E-state index is 0.278. The van der Waals surface area contributed by atoms with Crippen LogP contribution < -0.4 is 0 Å². The lowest BCUT2D eigenvalue weighted by molar-refractivity contribution is -0.135. The SMILES string of the molecule is CC.CCCN1CCN(C)CC1=O. The zero-order chi connectivity index (χ0) is 10.3. The van der Waals surface area contributed by atoms with Crippen LogP contribution in [-0.2, 0) is 4.79 Å². The second-order valence-electron chi connectivity index (χ2n) is 3.12. The summed E-state index contributed by atoms with van der Waals surface area (Å²) in [6.45, 7) is 9.55. The molecule has 0 aromatic heterocycles. The number of piperazine rings is 1. The molecule has 0 atom stereocenters. The summed E-state index contributed by atoms with van der Waals surface area (Å²) in [6.07, 6.45) is 1.06. The van der Waals surface area contributed by atoms with Gasteiger partial charge in [-0.15, -0.1) is 0 Å². The second kappa shape index (κ2) is 6.89. The highest BCUT2D eigenvalue weighted by molar-refractivity contribution is 5.78. The van der Waals surface area contributed by atoms with Crippen molar-refractivity contribution < 1.29 is 4.79 Å². The number of carbonyl (C=O) groups is 1. The quantitative estimate of drug-likeness (QED) is 0.647. The molecule has 13 heavy (non-hydrogen) atoms. The number of carbonyl (C=O) groups excluding carboxylic acids is 1. The lowest BCUT2D eigenvalue weighted by atomic mass is 10.3. The van der Waals surface area contributed by atoms with E-state index in [9.17, 15) is 4.79 Å². The minimum absolute atomic E-state index is 0.278. The lowest BCUT2D eigenvalue weighted by Gasteiger charge is -2.31. The zero-order valence-electron chi connectivity index (χ0n) is 9.34. The molecule has 78 valence electrons. The molecule has 3 heteroatoms. The van der Waals surface area contributed by atoms with Crippen molar-refractivity contribution in [1.29, 1.82) is 0 Å². The Hall–Kier alpha value is -0.570. The fraction of sp³-hybridized carbons (Fsp3) is 0.900. The highest BCUT2D eigenvalue weighted by atomic mass is 16.2. The molecule has 1 saturated heterocycles. The fourth-order valence-corrected chi connectivity index (χ4v) is 1.33. The van der Waals surface area contributed by atoms with E-state index >= 15 is 0 Å². The molecule has 0 bridgehead atoms. The molecular weight excluding hydrogens is 164 g/mol. The van der Waals surface area contributed by atoms with Crippen LogP contribution in [0.15, 0.2) is 0 Å². The molecule has 0 spiro atoms. The molecule has 1 aliphatic heterocycles. The molecule has 0 aromatic carbocycles. The third kappa shape index (κ3) is 4.27. The number of rotatable bonds is 2. The molecule has 0 radical (unpaired) electrons. The van der Waals surface area contributed by atoms with Gasteiger partial charge in [0, 0.05) is 19.6 Å². The Balaban J connectivity index is 0.000000671. The lowest BCUT2D eigenvalue weighted by Crippen LogP contribution is -2.48. The van der Waals surface area contributed by atoms with E-state index in [-0.39, 0.29) is 5.91 Å². The molecule has 0 saturated carbocycles. The Morgan fingerprint density at radius 3 is 2.38 bits per heavy atom. The van der Waals surface area contributed by atoms with Gasteiger partial charge in [0.2, 0.25) is 5.91 Å². The minimum Gasteiger partial charge on any atom is -0.340 e. The largest absolute Gasteiger partial charge is 0.340 e. The third-order valence-corrected chi connectivity index (χ3v) is 2.00. The van der Waals surface area contributed by atoms with Crippen LogP contribution in [0.1, 0.15) is 27.2 Å². The van der Waals surface area contributed by atoms with Gasteiger partial charge in [-0.05, 0) is 13.5 Å². The van der Waals surface area contributed by atoms with Gasteiger partial charge in [-0.25, -0.2) is 0 Å². The predicted molar refractivity (Wildman–Crippen MR) is 55.7 cm³/mol. The maximum Gasteiger partial charge on any atom is 0.236 e. The summed E-state index contributed by atoms with van der Waals surface area (Å²) in [7, 11) is 1.99. The van der Waals surface area contributed by atoms with E-state index in [0.29, 0.717) is 6.54 Å². The summed E-state index contributed by atoms with van der Waals surface area (Å²) in [5.74, 6) is 0.278. The number of hydrogen-bond acceptors (Lipinski definition) is 2. The van der Waals surface area contributed by atoms with Gasteiger partial charge in [-0.3, -0.25) is 9.69 Å². The highest BCUT2D eigenvalue weighted by Crippen LogP contribution is 2.00. The first kappa shape index (κ1) is 12.4. The summed E-state index contributed by atoms with van der Waals surface area (Å²) < 4.78 is 0. The summed E-state index contributed by atoms with van der Waals surface area (Å²) >= 11 is 0. The zero-order valence-corrected chi connectivity index (χ0v) is 9.34. The van der Waals surface area contributed by atoms with Crippen molar-refractivity contribution in [3.63, 3.8) is 0 Å². The van der Waals surface area contributed by atoms with Gasteiger partial charge in [-0.1, -0.05) is 20.8 Å². The van der Waals surface area contributed by atoms with Crippen molar-refractivity contribution in [1.82, 2.24) is 9.80 Å². The molecule has 1 aliphatic rings. The van der Waals surface area contributed by atoms with Crippen LogP contribution in [0.3, 0.4) is 0 Å². The number of nitrogens with zero attached hydrogens (tertiary/aromatic N) is 2. The van der Waals surface area contributed by atoms with Gasteiger partial charge < -0.3 is 4.90 Å². The van der Waals surface area contributed by atoms with Crippen LogP contribution in [0.2, 0.25) is 0 Å². The summed E-state index contributed by atoms with van der Waals surface area (Å²) in [4.78, 5) is 15.3. The molecule has 1 rings (SSSR count). The monoisotopic (exact) mass is 186 g/mol. The molecule has 1 fully saturated rings. The van der Waals surface area contributed by atoms with Crippen LogP contribution in [0.4, 0.5) is 0 Å². The van der Waals surface area contributed by atoms with Crippen molar-refractivity contribution in [2.45, 2.75) is 27.2 Å². The average molecular weight is 186 g/mol. The summed E-state index contributed by atoms with van der Waals surface area (Å²) in [5.41, 5.74) is 0. The van der Waals surface area contributed by atoms with Gasteiger partial charge in [0.15, 0.2) is 0 Å². The second-order valence-corrected chi connectivity index (χ2v) is 3.12. The van der Waals surface area contributed by atoms with E-state index < -0.39 is 0 Å². The van der Waals surface area contributed by atoms with Crippen molar-refractivity contribution in [3.8, 4) is 0 Å². The molecule has 1 heterocycles. The molecule has 3 nitrogen and oxygen atoms in total. The van der Waals surface area contributed by atoms with E-state index in [0.717, 1.165) is 26.1 Å². The van der Waals surface area contributed by atoms with Crippen molar-refractivity contribution in [3.05, 3.63) is 0 Å². The predicted octanol–water partition coefficient (Wildman–Crippen LogP) is 1.20. The first-order valence-corrected chi connectivity index (χ1v) is 5.20. The van der Waals surface area contributed by atoms with Crippen molar-refractivity contribution in [2.75, 3.05) is 33.2 Å². The van der Waals surface area contributed by atoms with Crippen LogP contribution >= 0.6 is 0 Å². The first-order valence-electron chi connectivity index (χ1n) is 5.20. The molecule has 0 N–H and O–H groups in total. The Labute approximate surface area is 81.7 Å². The summed E-state index contributed by atoms with van der Waals surface area (Å²) in [6, 6.07) is 0. The van der Waals surface area contributed by atoms with E-state index in [1.165, 1.54) is 0 Å². The topological polar surface area (TPSA) is 23.6 Å². The van der Waals surface area contributed by atoms with Gasteiger partial charge in [-0.2, -0.15) is 0 Å². The summed E-state index contributed by atoms with van der Waals surface area (Å²) in [5, 5.41) is 0. The highest BCUT2D eigenvalue weighted by Gasteiger charge is 2.19. The molecular formula is C10H22N2O. The molecule has 1 amide bonds.